The molecule has 3 atom stereocenters. The summed E-state index contributed by atoms with van der Waals surface area (Å²) < 4.78 is 75.5. The molecule has 1 aromatic rings. The number of carbonyl (C=O) groups is 1. The molecule has 0 unspecified atom stereocenters. The number of nitrogens with zero attached hydrogens (tertiary/aromatic N) is 1. The third kappa shape index (κ3) is 6.22. The smallest absolute Gasteiger partial charge is 0.332 e. The molecule has 0 saturated carbocycles. The molecular weight excluding hydrogens is 400 g/mol. The quantitative estimate of drug-likeness (QED) is 0.751. The van der Waals surface area contributed by atoms with Gasteiger partial charge in [-0.2, -0.15) is 13.2 Å². The standard InChI is InChI=1S/C18H22F4N2O3S/c1-12(7-9-28(2,26)27)23-17(25)24-8-6-14(18(20,21)22)11-16(24)13-4-3-5-15(19)10-13/h3-5,7,9-10,12,14,16H,6,8,11H2,1-2H3,(H,23,25)/b9-7+/t12-,14-,16+/m0/s1. The lowest BCUT2D eigenvalue weighted by molar-refractivity contribution is -0.188. The number of sulfone groups is 1. The van der Waals surface area contributed by atoms with E-state index >= 15 is 0 Å². The van der Waals surface area contributed by atoms with Crippen molar-refractivity contribution >= 4 is 15.9 Å². The Labute approximate surface area is 161 Å². The average Bonchev–Trinajstić information content (AvgIpc) is 2.58. The molecule has 1 aliphatic heterocycles. The third-order valence-corrected chi connectivity index (χ3v) is 5.18. The average molecular weight is 422 g/mol. The number of alkyl halides is 3. The molecule has 0 bridgehead atoms. The van der Waals surface area contributed by atoms with Crippen molar-refractivity contribution in [3.05, 3.63) is 47.1 Å². The van der Waals surface area contributed by atoms with Crippen LogP contribution < -0.4 is 5.32 Å². The zero-order chi connectivity index (χ0) is 21.1. The minimum Gasteiger partial charge on any atom is -0.332 e. The molecule has 2 amide bonds. The number of nitrogens with one attached hydrogen (secondary N) is 1. The van der Waals surface area contributed by atoms with Gasteiger partial charge in [0.25, 0.3) is 0 Å². The highest BCUT2D eigenvalue weighted by atomic mass is 32.2. The molecule has 1 heterocycles. The predicted octanol–water partition coefficient (Wildman–Crippen LogP) is 3.80. The van der Waals surface area contributed by atoms with Crippen molar-refractivity contribution in [3.63, 3.8) is 0 Å². The summed E-state index contributed by atoms with van der Waals surface area (Å²) in [7, 11) is -3.37. The van der Waals surface area contributed by atoms with Crippen molar-refractivity contribution in [3.8, 4) is 0 Å². The Hall–Kier alpha value is -2.10. The molecule has 1 saturated heterocycles. The van der Waals surface area contributed by atoms with Crippen LogP contribution in [-0.2, 0) is 9.84 Å². The summed E-state index contributed by atoms with van der Waals surface area (Å²) >= 11 is 0. The van der Waals surface area contributed by atoms with Crippen LogP contribution in [0.2, 0.25) is 0 Å². The van der Waals surface area contributed by atoms with Gasteiger partial charge in [0, 0.05) is 24.3 Å². The van der Waals surface area contributed by atoms with Crippen LogP contribution in [0.15, 0.2) is 35.7 Å². The highest BCUT2D eigenvalue weighted by Gasteiger charge is 2.45. The molecule has 1 aliphatic rings. The van der Waals surface area contributed by atoms with Crippen molar-refractivity contribution in [2.24, 2.45) is 5.92 Å². The Morgan fingerprint density at radius 3 is 2.61 bits per heavy atom. The number of hydrogen-bond acceptors (Lipinski definition) is 3. The zero-order valence-corrected chi connectivity index (χ0v) is 16.2. The molecular formula is C18H22F4N2O3S. The van der Waals surface area contributed by atoms with Gasteiger partial charge in [-0.15, -0.1) is 0 Å². The normalized spacial score (nSPS) is 22.3. The molecule has 28 heavy (non-hydrogen) atoms. The summed E-state index contributed by atoms with van der Waals surface area (Å²) in [5.41, 5.74) is 0.281. The third-order valence-electron chi connectivity index (χ3n) is 4.53. The second-order valence-electron chi connectivity index (χ2n) is 6.92. The molecule has 1 N–H and O–H groups in total. The van der Waals surface area contributed by atoms with E-state index in [2.05, 4.69) is 5.32 Å². The maximum absolute atomic E-state index is 13.6. The molecule has 0 aromatic heterocycles. The molecule has 0 radical (unpaired) electrons. The maximum Gasteiger partial charge on any atom is 0.391 e. The van der Waals surface area contributed by atoms with Crippen LogP contribution in [0.1, 0.15) is 31.4 Å². The molecule has 1 fully saturated rings. The fourth-order valence-corrected chi connectivity index (χ4v) is 3.64. The minimum absolute atomic E-state index is 0.153. The Balaban J connectivity index is 2.22. The van der Waals surface area contributed by atoms with Crippen LogP contribution in [-0.4, -0.2) is 44.4 Å². The van der Waals surface area contributed by atoms with Crippen molar-refractivity contribution in [2.75, 3.05) is 12.8 Å². The Morgan fingerprint density at radius 1 is 1.36 bits per heavy atom. The van der Waals surface area contributed by atoms with Gasteiger partial charge < -0.3 is 10.2 Å². The molecule has 1 aromatic carbocycles. The summed E-state index contributed by atoms with van der Waals surface area (Å²) in [5, 5.41) is 3.49. The van der Waals surface area contributed by atoms with Crippen molar-refractivity contribution in [2.45, 2.75) is 38.0 Å². The van der Waals surface area contributed by atoms with E-state index in [9.17, 15) is 30.8 Å². The van der Waals surface area contributed by atoms with E-state index < -0.39 is 45.9 Å². The minimum atomic E-state index is -4.40. The summed E-state index contributed by atoms with van der Waals surface area (Å²) in [6.07, 6.45) is -2.75. The van der Waals surface area contributed by atoms with Crippen molar-refractivity contribution < 1.29 is 30.8 Å². The SMILES string of the molecule is C[C@@H](/C=C/S(C)(=O)=O)NC(=O)N1CC[C@H](C(F)(F)F)C[C@@H]1c1cccc(F)c1. The van der Waals surface area contributed by atoms with E-state index in [0.717, 1.165) is 17.7 Å². The van der Waals surface area contributed by atoms with Gasteiger partial charge in [-0.05, 0) is 37.5 Å². The van der Waals surface area contributed by atoms with Crippen LogP contribution in [0, 0.1) is 11.7 Å². The second kappa shape index (κ2) is 8.50. The maximum atomic E-state index is 13.6. The van der Waals surface area contributed by atoms with E-state index in [1.165, 1.54) is 29.2 Å². The van der Waals surface area contributed by atoms with Crippen LogP contribution in [0.4, 0.5) is 22.4 Å². The number of halogens is 4. The van der Waals surface area contributed by atoms with Crippen LogP contribution >= 0.6 is 0 Å². The summed E-state index contributed by atoms with van der Waals surface area (Å²) in [6.45, 7) is 1.39. The number of urea groups is 1. The first-order chi connectivity index (χ1) is 12.9. The van der Waals surface area contributed by atoms with E-state index in [1.807, 2.05) is 0 Å². The second-order valence-corrected chi connectivity index (χ2v) is 8.85. The summed E-state index contributed by atoms with van der Waals surface area (Å²) in [4.78, 5) is 13.9. The Kier molecular flexibility index (Phi) is 6.74. The van der Waals surface area contributed by atoms with E-state index in [0.29, 0.717) is 0 Å². The van der Waals surface area contributed by atoms with Crippen LogP contribution in [0.3, 0.4) is 0 Å². The number of carbonyl (C=O) groups excluding carboxylic acids is 1. The molecule has 10 heteroatoms. The number of benzene rings is 1. The summed E-state index contributed by atoms with van der Waals surface area (Å²) in [6, 6.07) is 2.93. The molecule has 156 valence electrons. The largest absolute Gasteiger partial charge is 0.391 e. The van der Waals surface area contributed by atoms with Gasteiger partial charge in [-0.25, -0.2) is 17.6 Å². The Bertz CT molecular complexity index is 839. The van der Waals surface area contributed by atoms with Gasteiger partial charge in [0.2, 0.25) is 0 Å². The van der Waals surface area contributed by atoms with E-state index in [-0.39, 0.29) is 24.9 Å². The lowest BCUT2D eigenvalue weighted by Gasteiger charge is -2.40. The van der Waals surface area contributed by atoms with Crippen LogP contribution in [0.5, 0.6) is 0 Å². The van der Waals surface area contributed by atoms with E-state index in [4.69, 9.17) is 0 Å². The first-order valence-electron chi connectivity index (χ1n) is 8.64. The van der Waals surface area contributed by atoms with Gasteiger partial charge in [0.05, 0.1) is 12.0 Å². The molecule has 5 nitrogen and oxygen atoms in total. The molecule has 0 spiro atoms. The Morgan fingerprint density at radius 2 is 2.04 bits per heavy atom. The first kappa shape index (κ1) is 22.2. The van der Waals surface area contributed by atoms with Crippen molar-refractivity contribution in [1.82, 2.24) is 10.2 Å². The number of piperidine rings is 1. The number of hydrogen-bond donors (Lipinski definition) is 1. The number of amides is 2. The predicted molar refractivity (Wildman–Crippen MR) is 96.6 cm³/mol. The fourth-order valence-electron chi connectivity index (χ4n) is 3.12. The summed E-state index contributed by atoms with van der Waals surface area (Å²) in [5.74, 6) is -2.19. The highest BCUT2D eigenvalue weighted by molar-refractivity contribution is 7.93. The van der Waals surface area contributed by atoms with Gasteiger partial charge in [0.15, 0.2) is 9.84 Å². The lowest BCUT2D eigenvalue weighted by Crippen LogP contribution is -2.49. The van der Waals surface area contributed by atoms with Crippen molar-refractivity contribution in [1.29, 1.82) is 0 Å². The van der Waals surface area contributed by atoms with Gasteiger partial charge in [-0.1, -0.05) is 18.2 Å². The number of likely N-dealkylation sites (tertiary alicyclic amines) is 1. The first-order valence-corrected chi connectivity index (χ1v) is 10.6. The number of rotatable bonds is 4. The highest BCUT2D eigenvalue weighted by Crippen LogP contribution is 2.42. The topological polar surface area (TPSA) is 66.5 Å². The van der Waals surface area contributed by atoms with Gasteiger partial charge >= 0.3 is 12.2 Å². The monoisotopic (exact) mass is 422 g/mol. The molecule has 0 aliphatic carbocycles. The molecule has 2 rings (SSSR count). The van der Waals surface area contributed by atoms with Gasteiger partial charge in [-0.3, -0.25) is 0 Å². The zero-order valence-electron chi connectivity index (χ0n) is 15.4. The van der Waals surface area contributed by atoms with Crippen LogP contribution in [0.25, 0.3) is 0 Å². The fraction of sp³-hybridized carbons (Fsp3) is 0.500. The van der Waals surface area contributed by atoms with Gasteiger partial charge in [0.1, 0.15) is 5.82 Å². The lowest BCUT2D eigenvalue weighted by atomic mass is 9.87. The van der Waals surface area contributed by atoms with E-state index in [1.54, 1.807) is 6.92 Å².